The summed E-state index contributed by atoms with van der Waals surface area (Å²) in [6.45, 7) is 4.06. The second kappa shape index (κ2) is 9.09. The predicted octanol–water partition coefficient (Wildman–Crippen LogP) is 3.61. The highest BCUT2D eigenvalue weighted by Crippen LogP contribution is 2.32. The van der Waals surface area contributed by atoms with Gasteiger partial charge < -0.3 is 10.6 Å². The van der Waals surface area contributed by atoms with Crippen LogP contribution in [0.2, 0.25) is 10.0 Å². The van der Waals surface area contributed by atoms with E-state index >= 15 is 0 Å². The van der Waals surface area contributed by atoms with Gasteiger partial charge >= 0.3 is 0 Å². The summed E-state index contributed by atoms with van der Waals surface area (Å²) >= 11 is 12.6. The van der Waals surface area contributed by atoms with Crippen molar-refractivity contribution in [3.8, 4) is 0 Å². The van der Waals surface area contributed by atoms with Crippen LogP contribution in [-0.2, 0) is 10.3 Å². The molecule has 1 amide bonds. The van der Waals surface area contributed by atoms with Crippen molar-refractivity contribution in [3.63, 3.8) is 0 Å². The molecular formula is C18H23Cl3N4O. The third-order valence-electron chi connectivity index (χ3n) is 4.86. The maximum atomic E-state index is 13.1. The molecule has 0 radical (unpaired) electrons. The van der Waals surface area contributed by atoms with E-state index in [-0.39, 0.29) is 24.2 Å². The molecule has 5 nitrogen and oxygen atoms in total. The molecule has 2 N–H and O–H groups in total. The fourth-order valence-electron chi connectivity index (χ4n) is 3.42. The van der Waals surface area contributed by atoms with Crippen LogP contribution >= 0.6 is 35.6 Å². The molecule has 2 heterocycles. The fraction of sp³-hybridized carbons (Fsp3) is 0.444. The van der Waals surface area contributed by atoms with Crippen LogP contribution in [0, 0.1) is 0 Å². The number of hydrogen-bond acceptors (Lipinski definition) is 3. The predicted molar refractivity (Wildman–Crippen MR) is 107 cm³/mol. The van der Waals surface area contributed by atoms with Gasteiger partial charge in [-0.15, -0.1) is 12.4 Å². The summed E-state index contributed by atoms with van der Waals surface area (Å²) in [5.41, 5.74) is 0.225. The van der Waals surface area contributed by atoms with Crippen LogP contribution in [-0.4, -0.2) is 35.3 Å². The minimum Gasteiger partial charge on any atom is -0.353 e. The molecule has 1 unspecified atom stereocenters. The van der Waals surface area contributed by atoms with E-state index < -0.39 is 5.54 Å². The summed E-state index contributed by atoms with van der Waals surface area (Å²) in [7, 11) is 0. The zero-order valence-electron chi connectivity index (χ0n) is 14.5. The van der Waals surface area contributed by atoms with E-state index in [2.05, 4.69) is 15.7 Å². The molecule has 1 fully saturated rings. The fourth-order valence-corrected chi connectivity index (χ4v) is 4.19. The van der Waals surface area contributed by atoms with Gasteiger partial charge in [-0.05, 0) is 49.7 Å². The Labute approximate surface area is 169 Å². The van der Waals surface area contributed by atoms with Crippen molar-refractivity contribution in [1.82, 2.24) is 20.4 Å². The number of carbonyl (C=O) groups is 1. The number of nitrogens with zero attached hydrogens (tertiary/aromatic N) is 2. The largest absolute Gasteiger partial charge is 0.353 e. The molecule has 0 spiro atoms. The van der Waals surface area contributed by atoms with Crippen LogP contribution in [0.4, 0.5) is 0 Å². The summed E-state index contributed by atoms with van der Waals surface area (Å²) in [5, 5.41) is 12.0. The van der Waals surface area contributed by atoms with Crippen molar-refractivity contribution >= 4 is 41.5 Å². The van der Waals surface area contributed by atoms with Gasteiger partial charge in [-0.2, -0.15) is 5.10 Å². The first kappa shape index (κ1) is 21.0. The van der Waals surface area contributed by atoms with Gasteiger partial charge in [0.25, 0.3) is 0 Å². The van der Waals surface area contributed by atoms with Crippen molar-refractivity contribution in [2.45, 2.75) is 31.2 Å². The Morgan fingerprint density at radius 1 is 1.31 bits per heavy atom. The Morgan fingerprint density at radius 3 is 2.54 bits per heavy atom. The Morgan fingerprint density at radius 2 is 1.96 bits per heavy atom. The Hall–Kier alpha value is -1.27. The lowest BCUT2D eigenvalue weighted by atomic mass is 9.87. The van der Waals surface area contributed by atoms with Crippen LogP contribution in [0.25, 0.3) is 0 Å². The molecule has 1 aromatic heterocycles. The molecule has 0 saturated carbocycles. The van der Waals surface area contributed by atoms with E-state index in [4.69, 9.17) is 23.2 Å². The average Bonchev–Trinajstić information content (AvgIpc) is 3.15. The van der Waals surface area contributed by atoms with Gasteiger partial charge in [-0.3, -0.25) is 9.48 Å². The van der Waals surface area contributed by atoms with E-state index in [9.17, 15) is 4.79 Å². The molecule has 1 aliphatic rings. The molecule has 1 atom stereocenters. The highest BCUT2D eigenvalue weighted by molar-refractivity contribution is 6.36. The third kappa shape index (κ3) is 4.17. The number of piperidine rings is 1. The lowest BCUT2D eigenvalue weighted by molar-refractivity contribution is -0.132. The first-order valence-electron chi connectivity index (χ1n) is 8.47. The molecule has 2 aromatic rings. The van der Waals surface area contributed by atoms with Crippen molar-refractivity contribution in [1.29, 1.82) is 0 Å². The smallest absolute Gasteiger partial charge is 0.248 e. The SMILES string of the molecule is CC(CNC(=O)C1(n2cccn2)CCNCC1)c1c(Cl)cccc1Cl.Cl. The van der Waals surface area contributed by atoms with E-state index in [0.717, 1.165) is 18.7 Å². The zero-order chi connectivity index (χ0) is 17.9. The lowest BCUT2D eigenvalue weighted by Gasteiger charge is -2.36. The van der Waals surface area contributed by atoms with Crippen LogP contribution in [0.1, 0.15) is 31.2 Å². The molecule has 8 heteroatoms. The normalized spacial score (nSPS) is 17.2. The molecule has 1 aliphatic heterocycles. The van der Waals surface area contributed by atoms with Crippen molar-refractivity contribution in [2.75, 3.05) is 19.6 Å². The van der Waals surface area contributed by atoms with Crippen LogP contribution in [0.3, 0.4) is 0 Å². The Bertz CT molecular complexity index is 710. The number of aromatic nitrogens is 2. The van der Waals surface area contributed by atoms with Gasteiger partial charge in [-0.1, -0.05) is 36.2 Å². The molecule has 1 saturated heterocycles. The van der Waals surface area contributed by atoms with Crippen molar-refractivity contribution < 1.29 is 4.79 Å². The van der Waals surface area contributed by atoms with Gasteiger partial charge in [0.15, 0.2) is 0 Å². The Balaban J connectivity index is 0.00000243. The molecule has 0 aliphatic carbocycles. The van der Waals surface area contributed by atoms with Crippen molar-refractivity contribution in [2.24, 2.45) is 0 Å². The minimum atomic E-state index is -0.640. The summed E-state index contributed by atoms with van der Waals surface area (Å²) in [6, 6.07) is 7.31. The number of carbonyl (C=O) groups excluding carboxylic acids is 1. The van der Waals surface area contributed by atoms with Crippen molar-refractivity contribution in [3.05, 3.63) is 52.3 Å². The van der Waals surface area contributed by atoms with E-state index in [1.54, 1.807) is 10.9 Å². The second-order valence-electron chi connectivity index (χ2n) is 6.48. The van der Waals surface area contributed by atoms with Gasteiger partial charge in [-0.25, -0.2) is 0 Å². The number of amides is 1. The van der Waals surface area contributed by atoms with Gasteiger partial charge in [0.2, 0.25) is 5.91 Å². The summed E-state index contributed by atoms with van der Waals surface area (Å²) in [5.74, 6) is 0.00858. The number of hydrogen-bond donors (Lipinski definition) is 2. The first-order valence-corrected chi connectivity index (χ1v) is 9.23. The number of nitrogens with one attached hydrogen (secondary N) is 2. The monoisotopic (exact) mass is 416 g/mol. The number of halogens is 3. The van der Waals surface area contributed by atoms with Gasteiger partial charge in [0.1, 0.15) is 5.54 Å². The second-order valence-corrected chi connectivity index (χ2v) is 7.29. The molecule has 3 rings (SSSR count). The molecule has 26 heavy (non-hydrogen) atoms. The quantitative estimate of drug-likeness (QED) is 0.781. The average molecular weight is 418 g/mol. The molecule has 1 aromatic carbocycles. The lowest BCUT2D eigenvalue weighted by Crippen LogP contribution is -2.55. The highest BCUT2D eigenvalue weighted by Gasteiger charge is 2.41. The highest BCUT2D eigenvalue weighted by atomic mass is 35.5. The topological polar surface area (TPSA) is 59.0 Å². The summed E-state index contributed by atoms with van der Waals surface area (Å²) < 4.78 is 1.79. The summed E-state index contributed by atoms with van der Waals surface area (Å²) in [6.07, 6.45) is 4.99. The first-order chi connectivity index (χ1) is 12.0. The molecule has 142 valence electrons. The van der Waals surface area contributed by atoms with E-state index in [1.807, 2.05) is 37.4 Å². The molecule has 0 bridgehead atoms. The maximum absolute atomic E-state index is 13.1. The van der Waals surface area contributed by atoms with Gasteiger partial charge in [0.05, 0.1) is 0 Å². The number of rotatable bonds is 5. The minimum absolute atomic E-state index is 0. The standard InChI is InChI=1S/C18H22Cl2N4O.ClH/c1-13(16-14(19)4-2-5-15(16)20)12-22-17(25)18(6-9-21-10-7-18)24-11-3-8-23-24;/h2-5,8,11,13,21H,6-7,9-10,12H2,1H3,(H,22,25);1H. The molecular weight excluding hydrogens is 395 g/mol. The van der Waals surface area contributed by atoms with Crippen LogP contribution in [0.5, 0.6) is 0 Å². The Kier molecular flexibility index (Phi) is 7.35. The number of benzene rings is 1. The maximum Gasteiger partial charge on any atom is 0.248 e. The van der Waals surface area contributed by atoms with E-state index in [0.29, 0.717) is 29.4 Å². The van der Waals surface area contributed by atoms with Crippen LogP contribution < -0.4 is 10.6 Å². The third-order valence-corrected chi connectivity index (χ3v) is 5.52. The van der Waals surface area contributed by atoms with E-state index in [1.165, 1.54) is 0 Å². The zero-order valence-corrected chi connectivity index (χ0v) is 16.9. The van der Waals surface area contributed by atoms with Gasteiger partial charge in [0, 0.05) is 34.9 Å². The van der Waals surface area contributed by atoms with Crippen LogP contribution in [0.15, 0.2) is 36.7 Å². The summed E-state index contributed by atoms with van der Waals surface area (Å²) in [4.78, 5) is 13.1.